The number of aromatic hydroxyl groups is 2. The largest absolute Gasteiger partial charge is 0.504 e. The predicted octanol–water partition coefficient (Wildman–Crippen LogP) is 1.74. The van der Waals surface area contributed by atoms with Crippen LogP contribution in [0.1, 0.15) is 24.8 Å². The van der Waals surface area contributed by atoms with Crippen molar-refractivity contribution in [2.45, 2.75) is 24.7 Å². The molecule has 0 radical (unpaired) electrons. The smallest absolute Gasteiger partial charge is 0.304 e. The molecule has 0 amide bonds. The fraction of sp³-hybridized carbons (Fsp3) is 0.364. The summed E-state index contributed by atoms with van der Waals surface area (Å²) in [5.74, 6) is -2.68. The number of benzene rings is 1. The average molecular weight is 226 g/mol. The third kappa shape index (κ3) is 1.58. The molecule has 0 aliphatic heterocycles. The lowest BCUT2D eigenvalue weighted by atomic mass is 9.91. The van der Waals surface area contributed by atoms with E-state index in [1.165, 1.54) is 0 Å². The van der Waals surface area contributed by atoms with Crippen LogP contribution in [0.25, 0.3) is 0 Å². The van der Waals surface area contributed by atoms with Gasteiger partial charge in [0.15, 0.2) is 11.5 Å². The lowest BCUT2D eigenvalue weighted by molar-refractivity contribution is -0.137. The monoisotopic (exact) mass is 226 g/mol. The Morgan fingerprint density at radius 3 is 2.50 bits per heavy atom. The lowest BCUT2D eigenvalue weighted by Gasteiger charge is -2.16. The topological polar surface area (TPSA) is 77.8 Å². The van der Waals surface area contributed by atoms with Crippen molar-refractivity contribution in [1.82, 2.24) is 0 Å². The molecule has 1 aromatic rings. The molecule has 0 atom stereocenters. The maximum absolute atomic E-state index is 13.6. The van der Waals surface area contributed by atoms with Crippen LogP contribution in [-0.2, 0) is 10.2 Å². The molecule has 4 nitrogen and oxygen atoms in total. The summed E-state index contributed by atoms with van der Waals surface area (Å²) in [5, 5.41) is 27.6. The first-order valence-electron chi connectivity index (χ1n) is 4.89. The van der Waals surface area contributed by atoms with Gasteiger partial charge in [-0.25, -0.2) is 4.39 Å². The Kier molecular flexibility index (Phi) is 2.26. The zero-order chi connectivity index (χ0) is 11.9. The molecule has 0 unspecified atom stereocenters. The molecule has 0 spiro atoms. The Bertz CT molecular complexity index is 452. The number of aliphatic carboxylic acids is 1. The number of hydrogen-bond donors (Lipinski definition) is 3. The first-order valence-corrected chi connectivity index (χ1v) is 4.89. The van der Waals surface area contributed by atoms with Crippen molar-refractivity contribution in [2.24, 2.45) is 0 Å². The highest BCUT2D eigenvalue weighted by Gasteiger charge is 2.49. The minimum Gasteiger partial charge on any atom is -0.504 e. The van der Waals surface area contributed by atoms with Crippen molar-refractivity contribution in [1.29, 1.82) is 0 Å². The van der Waals surface area contributed by atoms with Gasteiger partial charge in [0.05, 0.1) is 6.42 Å². The highest BCUT2D eigenvalue weighted by molar-refractivity contribution is 5.71. The molecule has 0 bridgehead atoms. The van der Waals surface area contributed by atoms with Crippen LogP contribution in [0, 0.1) is 5.82 Å². The van der Waals surface area contributed by atoms with Crippen LogP contribution in [-0.4, -0.2) is 21.3 Å². The van der Waals surface area contributed by atoms with Crippen LogP contribution in [0.5, 0.6) is 11.5 Å². The number of halogens is 1. The number of phenolic OH excluding ortho intramolecular Hbond substituents is 2. The highest BCUT2D eigenvalue weighted by Crippen LogP contribution is 2.55. The molecule has 1 aliphatic carbocycles. The second-order valence-corrected chi connectivity index (χ2v) is 4.14. The molecule has 86 valence electrons. The first kappa shape index (κ1) is 10.7. The van der Waals surface area contributed by atoms with Crippen molar-refractivity contribution in [3.8, 4) is 11.5 Å². The van der Waals surface area contributed by atoms with E-state index in [1.54, 1.807) is 0 Å². The van der Waals surface area contributed by atoms with Crippen molar-refractivity contribution in [3.63, 3.8) is 0 Å². The van der Waals surface area contributed by atoms with Crippen LogP contribution in [0.4, 0.5) is 4.39 Å². The van der Waals surface area contributed by atoms with E-state index in [0.29, 0.717) is 12.8 Å². The van der Waals surface area contributed by atoms with E-state index in [0.717, 1.165) is 12.1 Å². The molecular formula is C11H11FO4. The van der Waals surface area contributed by atoms with Gasteiger partial charge in [0.2, 0.25) is 0 Å². The molecule has 1 aliphatic rings. The molecular weight excluding hydrogens is 215 g/mol. The molecule has 2 rings (SSSR count). The average Bonchev–Trinajstić information content (AvgIpc) is 2.92. The third-order valence-corrected chi connectivity index (χ3v) is 2.98. The van der Waals surface area contributed by atoms with E-state index in [2.05, 4.69) is 0 Å². The first-order chi connectivity index (χ1) is 7.46. The Labute approximate surface area is 91.0 Å². The molecule has 16 heavy (non-hydrogen) atoms. The third-order valence-electron chi connectivity index (χ3n) is 2.98. The van der Waals surface area contributed by atoms with Crippen LogP contribution >= 0.6 is 0 Å². The number of carboxylic acids is 1. The molecule has 0 saturated heterocycles. The zero-order valence-electron chi connectivity index (χ0n) is 8.40. The van der Waals surface area contributed by atoms with E-state index in [9.17, 15) is 19.4 Å². The Morgan fingerprint density at radius 2 is 2.00 bits per heavy atom. The highest BCUT2D eigenvalue weighted by atomic mass is 19.1. The number of hydrogen-bond acceptors (Lipinski definition) is 3. The summed E-state index contributed by atoms with van der Waals surface area (Å²) in [6.07, 6.45) is 0.779. The number of carboxylic acid groups (broad SMARTS) is 1. The van der Waals surface area contributed by atoms with Crippen LogP contribution in [0.2, 0.25) is 0 Å². The summed E-state index contributed by atoms with van der Waals surface area (Å²) in [5.41, 5.74) is -0.923. The standard InChI is InChI=1S/C11H11FO4/c12-6-1-2-7(13)10(16)9(6)11(3-4-11)5-8(14)15/h1-2,13,16H,3-5H2,(H,14,15). The van der Waals surface area contributed by atoms with E-state index >= 15 is 0 Å². The molecule has 1 fully saturated rings. The van der Waals surface area contributed by atoms with Crippen molar-refractivity contribution >= 4 is 5.97 Å². The van der Waals surface area contributed by atoms with E-state index in [4.69, 9.17) is 5.11 Å². The zero-order valence-corrected chi connectivity index (χ0v) is 8.40. The van der Waals surface area contributed by atoms with Gasteiger partial charge in [-0.2, -0.15) is 0 Å². The van der Waals surface area contributed by atoms with Gasteiger partial charge in [-0.05, 0) is 25.0 Å². The summed E-state index contributed by atoms with van der Waals surface area (Å²) in [6, 6.07) is 2.08. The number of rotatable bonds is 3. The maximum atomic E-state index is 13.6. The minimum absolute atomic E-state index is 0.0742. The number of carbonyl (C=O) groups is 1. The number of phenols is 2. The maximum Gasteiger partial charge on any atom is 0.304 e. The fourth-order valence-corrected chi connectivity index (χ4v) is 2.02. The summed E-state index contributed by atoms with van der Waals surface area (Å²) in [7, 11) is 0. The fourth-order valence-electron chi connectivity index (χ4n) is 2.02. The molecule has 0 heterocycles. The summed E-state index contributed by atoms with van der Waals surface area (Å²) in [6.45, 7) is 0. The van der Waals surface area contributed by atoms with Gasteiger partial charge < -0.3 is 15.3 Å². The second kappa shape index (κ2) is 3.37. The van der Waals surface area contributed by atoms with E-state index < -0.39 is 28.7 Å². The Hall–Kier alpha value is -1.78. The van der Waals surface area contributed by atoms with Gasteiger partial charge in [-0.3, -0.25) is 4.79 Å². The Balaban J connectivity index is 2.48. The van der Waals surface area contributed by atoms with E-state index in [-0.39, 0.29) is 12.0 Å². The van der Waals surface area contributed by atoms with Crippen LogP contribution in [0.3, 0.4) is 0 Å². The van der Waals surface area contributed by atoms with Crippen molar-refractivity contribution in [3.05, 3.63) is 23.5 Å². The SMILES string of the molecule is O=C(O)CC1(c2c(F)ccc(O)c2O)CC1. The van der Waals surface area contributed by atoms with Gasteiger partial charge in [0.25, 0.3) is 0 Å². The van der Waals surface area contributed by atoms with Crippen molar-refractivity contribution < 1.29 is 24.5 Å². The van der Waals surface area contributed by atoms with E-state index in [1.807, 2.05) is 0 Å². The normalized spacial score (nSPS) is 17.1. The van der Waals surface area contributed by atoms with Crippen LogP contribution in [0.15, 0.2) is 12.1 Å². The van der Waals surface area contributed by atoms with Gasteiger partial charge >= 0.3 is 5.97 Å². The molecule has 0 aromatic heterocycles. The van der Waals surface area contributed by atoms with Crippen LogP contribution < -0.4 is 0 Å². The summed E-state index contributed by atoms with van der Waals surface area (Å²) < 4.78 is 13.6. The minimum atomic E-state index is -1.04. The van der Waals surface area contributed by atoms with Gasteiger partial charge in [-0.15, -0.1) is 0 Å². The van der Waals surface area contributed by atoms with Gasteiger partial charge in [0, 0.05) is 11.0 Å². The van der Waals surface area contributed by atoms with Gasteiger partial charge in [-0.1, -0.05) is 0 Å². The lowest BCUT2D eigenvalue weighted by Crippen LogP contribution is -2.15. The molecule has 3 N–H and O–H groups in total. The summed E-state index contributed by atoms with van der Waals surface area (Å²) >= 11 is 0. The Morgan fingerprint density at radius 1 is 1.38 bits per heavy atom. The van der Waals surface area contributed by atoms with Gasteiger partial charge in [0.1, 0.15) is 5.82 Å². The van der Waals surface area contributed by atoms with Crippen molar-refractivity contribution in [2.75, 3.05) is 0 Å². The molecule has 1 aromatic carbocycles. The second-order valence-electron chi connectivity index (χ2n) is 4.14. The molecule has 1 saturated carbocycles. The summed E-state index contributed by atoms with van der Waals surface area (Å²) in [4.78, 5) is 10.7. The predicted molar refractivity (Wildman–Crippen MR) is 52.9 cm³/mol. The molecule has 5 heteroatoms. The quantitative estimate of drug-likeness (QED) is 0.686.